The van der Waals surface area contributed by atoms with Crippen LogP contribution in [0, 0.1) is 5.92 Å². The SMILES string of the molecule is CC(NCCCC1CCCC1)C(C)(C)O. The maximum atomic E-state index is 9.73. The minimum absolute atomic E-state index is 0.182. The fraction of sp³-hybridized carbons (Fsp3) is 1.00. The molecule has 1 unspecified atom stereocenters. The third kappa shape index (κ3) is 4.98. The smallest absolute Gasteiger partial charge is 0.0741 e. The van der Waals surface area contributed by atoms with Crippen molar-refractivity contribution >= 4 is 0 Å². The molecule has 1 atom stereocenters. The van der Waals surface area contributed by atoms with Gasteiger partial charge in [-0.25, -0.2) is 0 Å². The molecular weight excluding hydrogens is 186 g/mol. The zero-order valence-electron chi connectivity index (χ0n) is 10.6. The zero-order chi connectivity index (χ0) is 11.3. The van der Waals surface area contributed by atoms with E-state index in [1.165, 1.54) is 38.5 Å². The second-order valence-electron chi connectivity index (χ2n) is 5.62. The van der Waals surface area contributed by atoms with Crippen LogP contribution in [0.5, 0.6) is 0 Å². The maximum absolute atomic E-state index is 9.73. The second kappa shape index (κ2) is 5.86. The molecule has 90 valence electrons. The molecule has 1 saturated carbocycles. The van der Waals surface area contributed by atoms with Crippen LogP contribution in [-0.4, -0.2) is 23.3 Å². The van der Waals surface area contributed by atoms with Crippen LogP contribution in [0.1, 0.15) is 59.3 Å². The summed E-state index contributed by atoms with van der Waals surface area (Å²) < 4.78 is 0. The van der Waals surface area contributed by atoms with E-state index in [-0.39, 0.29) is 6.04 Å². The molecule has 0 aromatic rings. The lowest BCUT2D eigenvalue weighted by atomic mass is 9.99. The molecule has 0 amide bonds. The van der Waals surface area contributed by atoms with Gasteiger partial charge in [-0.2, -0.15) is 0 Å². The molecule has 0 saturated heterocycles. The van der Waals surface area contributed by atoms with E-state index in [9.17, 15) is 5.11 Å². The topological polar surface area (TPSA) is 32.3 Å². The highest BCUT2D eigenvalue weighted by atomic mass is 16.3. The van der Waals surface area contributed by atoms with Crippen LogP contribution in [0.25, 0.3) is 0 Å². The van der Waals surface area contributed by atoms with Gasteiger partial charge in [0.1, 0.15) is 0 Å². The van der Waals surface area contributed by atoms with E-state index in [1.807, 2.05) is 13.8 Å². The van der Waals surface area contributed by atoms with Gasteiger partial charge in [-0.1, -0.05) is 25.7 Å². The molecule has 2 nitrogen and oxygen atoms in total. The molecule has 0 heterocycles. The highest BCUT2D eigenvalue weighted by Crippen LogP contribution is 2.28. The van der Waals surface area contributed by atoms with Gasteiger partial charge >= 0.3 is 0 Å². The van der Waals surface area contributed by atoms with Crippen LogP contribution >= 0.6 is 0 Å². The van der Waals surface area contributed by atoms with Crippen LogP contribution in [0.15, 0.2) is 0 Å². The molecule has 1 fully saturated rings. The Hall–Kier alpha value is -0.0800. The van der Waals surface area contributed by atoms with Gasteiger partial charge in [-0.3, -0.25) is 0 Å². The van der Waals surface area contributed by atoms with Crippen molar-refractivity contribution in [3.63, 3.8) is 0 Å². The average molecular weight is 213 g/mol. The minimum Gasteiger partial charge on any atom is -0.389 e. The first-order valence-corrected chi connectivity index (χ1v) is 6.46. The van der Waals surface area contributed by atoms with Gasteiger partial charge < -0.3 is 10.4 Å². The molecule has 0 bridgehead atoms. The molecule has 0 radical (unpaired) electrons. The van der Waals surface area contributed by atoms with Gasteiger partial charge in [-0.05, 0) is 46.1 Å². The summed E-state index contributed by atoms with van der Waals surface area (Å²) in [5.41, 5.74) is -0.604. The largest absolute Gasteiger partial charge is 0.389 e. The second-order valence-corrected chi connectivity index (χ2v) is 5.62. The minimum atomic E-state index is -0.604. The lowest BCUT2D eigenvalue weighted by Gasteiger charge is -2.27. The number of hydrogen-bond acceptors (Lipinski definition) is 2. The van der Waals surface area contributed by atoms with Crippen LogP contribution in [-0.2, 0) is 0 Å². The number of rotatable bonds is 6. The summed E-state index contributed by atoms with van der Waals surface area (Å²) in [6.07, 6.45) is 8.40. The van der Waals surface area contributed by atoms with Gasteiger partial charge in [0.15, 0.2) is 0 Å². The van der Waals surface area contributed by atoms with Crippen molar-refractivity contribution in [1.29, 1.82) is 0 Å². The van der Waals surface area contributed by atoms with Gasteiger partial charge in [-0.15, -0.1) is 0 Å². The third-order valence-corrected chi connectivity index (χ3v) is 3.77. The van der Waals surface area contributed by atoms with E-state index in [4.69, 9.17) is 0 Å². The summed E-state index contributed by atoms with van der Waals surface area (Å²) in [6, 6.07) is 0.182. The molecule has 0 spiro atoms. The molecule has 2 N–H and O–H groups in total. The molecule has 1 aliphatic carbocycles. The summed E-state index contributed by atoms with van der Waals surface area (Å²) in [5.74, 6) is 0.990. The molecule has 1 rings (SSSR count). The van der Waals surface area contributed by atoms with Crippen LogP contribution in [0.4, 0.5) is 0 Å². The first-order valence-electron chi connectivity index (χ1n) is 6.46. The first kappa shape index (κ1) is 13.0. The standard InChI is InChI=1S/C13H27NO/c1-11(13(2,3)15)14-10-6-9-12-7-4-5-8-12/h11-12,14-15H,4-10H2,1-3H3. The van der Waals surface area contributed by atoms with Crippen molar-refractivity contribution in [1.82, 2.24) is 5.32 Å². The van der Waals surface area contributed by atoms with Crippen molar-refractivity contribution in [3.05, 3.63) is 0 Å². The predicted molar refractivity (Wildman–Crippen MR) is 65.0 cm³/mol. The molecule has 0 aliphatic heterocycles. The number of aliphatic hydroxyl groups is 1. The molecule has 15 heavy (non-hydrogen) atoms. The highest BCUT2D eigenvalue weighted by molar-refractivity contribution is 4.79. The average Bonchev–Trinajstić information content (AvgIpc) is 2.63. The van der Waals surface area contributed by atoms with Gasteiger partial charge in [0.05, 0.1) is 5.60 Å². The Morgan fingerprint density at radius 3 is 2.47 bits per heavy atom. The van der Waals surface area contributed by atoms with E-state index in [0.29, 0.717) is 0 Å². The summed E-state index contributed by atoms with van der Waals surface area (Å²) in [5, 5.41) is 13.1. The third-order valence-electron chi connectivity index (χ3n) is 3.77. The Kier molecular flexibility index (Phi) is 5.07. The van der Waals surface area contributed by atoms with Crippen molar-refractivity contribution in [2.75, 3.05) is 6.54 Å². The maximum Gasteiger partial charge on any atom is 0.0741 e. The normalized spacial score (nSPS) is 20.8. The Bertz CT molecular complexity index is 168. The fourth-order valence-electron chi connectivity index (χ4n) is 2.26. The zero-order valence-corrected chi connectivity index (χ0v) is 10.6. The van der Waals surface area contributed by atoms with Gasteiger partial charge in [0, 0.05) is 6.04 Å². The van der Waals surface area contributed by atoms with Gasteiger partial charge in [0.2, 0.25) is 0 Å². The van der Waals surface area contributed by atoms with E-state index >= 15 is 0 Å². The molecule has 0 aromatic carbocycles. The van der Waals surface area contributed by atoms with Crippen LogP contribution in [0.2, 0.25) is 0 Å². The molecule has 0 aromatic heterocycles. The van der Waals surface area contributed by atoms with Crippen LogP contribution in [0.3, 0.4) is 0 Å². The van der Waals surface area contributed by atoms with E-state index in [1.54, 1.807) is 0 Å². The summed E-state index contributed by atoms with van der Waals surface area (Å²) in [7, 11) is 0. The van der Waals surface area contributed by atoms with E-state index in [2.05, 4.69) is 12.2 Å². The van der Waals surface area contributed by atoms with Crippen molar-refractivity contribution < 1.29 is 5.11 Å². The van der Waals surface area contributed by atoms with Crippen molar-refractivity contribution in [2.24, 2.45) is 5.92 Å². The van der Waals surface area contributed by atoms with E-state index in [0.717, 1.165) is 12.5 Å². The fourth-order valence-corrected chi connectivity index (χ4v) is 2.26. The molecule has 1 aliphatic rings. The Morgan fingerprint density at radius 1 is 1.33 bits per heavy atom. The Morgan fingerprint density at radius 2 is 1.93 bits per heavy atom. The quantitative estimate of drug-likeness (QED) is 0.665. The number of hydrogen-bond donors (Lipinski definition) is 2. The lowest BCUT2D eigenvalue weighted by molar-refractivity contribution is 0.0442. The number of nitrogens with one attached hydrogen (secondary N) is 1. The van der Waals surface area contributed by atoms with Crippen LogP contribution < -0.4 is 5.32 Å². The predicted octanol–water partition coefficient (Wildman–Crippen LogP) is 2.71. The van der Waals surface area contributed by atoms with Crippen molar-refractivity contribution in [2.45, 2.75) is 70.9 Å². The van der Waals surface area contributed by atoms with Crippen molar-refractivity contribution in [3.8, 4) is 0 Å². The Labute approximate surface area is 94.5 Å². The summed E-state index contributed by atoms with van der Waals surface area (Å²) in [6.45, 7) is 6.82. The van der Waals surface area contributed by atoms with Gasteiger partial charge in [0.25, 0.3) is 0 Å². The summed E-state index contributed by atoms with van der Waals surface area (Å²) in [4.78, 5) is 0. The monoisotopic (exact) mass is 213 g/mol. The first-order chi connectivity index (χ1) is 7.00. The highest BCUT2D eigenvalue weighted by Gasteiger charge is 2.21. The summed E-state index contributed by atoms with van der Waals surface area (Å²) >= 11 is 0. The Balaban J connectivity index is 2.01. The lowest BCUT2D eigenvalue weighted by Crippen LogP contribution is -2.44. The molecule has 2 heteroatoms. The van der Waals surface area contributed by atoms with E-state index < -0.39 is 5.60 Å². The molecular formula is C13H27NO.